The molecule has 3 aromatic carbocycles. The van der Waals surface area contributed by atoms with Crippen LogP contribution in [-0.4, -0.2) is 20.6 Å². The van der Waals surface area contributed by atoms with Crippen LogP contribution in [-0.2, 0) is 15.6 Å². The van der Waals surface area contributed by atoms with E-state index >= 15 is 0 Å². The third kappa shape index (κ3) is 5.70. The Balaban J connectivity index is 1.80. The molecule has 0 radical (unpaired) electrons. The molecule has 1 N–H and O–H groups in total. The van der Waals surface area contributed by atoms with Gasteiger partial charge in [-0.3, -0.25) is 4.79 Å². The molecule has 3 aromatic rings. The van der Waals surface area contributed by atoms with Gasteiger partial charge in [-0.25, -0.2) is 8.42 Å². The number of hydrogen-bond acceptors (Lipinski definition) is 4. The Morgan fingerprint density at radius 2 is 1.63 bits per heavy atom. The van der Waals surface area contributed by atoms with Gasteiger partial charge < -0.3 is 5.32 Å². The van der Waals surface area contributed by atoms with Gasteiger partial charge in [0.25, 0.3) is 5.91 Å². The Morgan fingerprint density at radius 3 is 2.37 bits per heavy atom. The molecule has 1 amide bonds. The van der Waals surface area contributed by atoms with Crippen LogP contribution < -0.4 is 5.32 Å². The van der Waals surface area contributed by atoms with Gasteiger partial charge in [0.1, 0.15) is 0 Å². The maximum atomic E-state index is 12.7. The highest BCUT2D eigenvalue weighted by Gasteiger charge is 2.12. The Morgan fingerprint density at radius 1 is 0.926 bits per heavy atom. The molecule has 0 atom stereocenters. The lowest BCUT2D eigenvalue weighted by atomic mass is 10.1. The van der Waals surface area contributed by atoms with E-state index in [-0.39, 0.29) is 11.7 Å². The number of anilines is 1. The van der Waals surface area contributed by atoms with Gasteiger partial charge in [-0.2, -0.15) is 0 Å². The average molecular weight is 398 g/mol. The van der Waals surface area contributed by atoms with Crippen molar-refractivity contribution in [3.63, 3.8) is 0 Å². The smallest absolute Gasteiger partial charge is 0.255 e. The van der Waals surface area contributed by atoms with Gasteiger partial charge >= 0.3 is 0 Å². The largest absolute Gasteiger partial charge is 0.321 e. The van der Waals surface area contributed by atoms with Crippen LogP contribution in [0.5, 0.6) is 0 Å². The van der Waals surface area contributed by atoms with Crippen LogP contribution in [0.2, 0.25) is 0 Å². The van der Waals surface area contributed by atoms with Crippen molar-refractivity contribution in [2.75, 3.05) is 11.6 Å². The van der Waals surface area contributed by atoms with Gasteiger partial charge in [-0.1, -0.05) is 54.2 Å². The highest BCUT2D eigenvalue weighted by atomic mass is 32.2. The number of nitrogens with one attached hydrogen (secondary N) is 1. The lowest BCUT2D eigenvalue weighted by molar-refractivity contribution is 0.102. The van der Waals surface area contributed by atoms with E-state index in [9.17, 15) is 13.2 Å². The van der Waals surface area contributed by atoms with Crippen LogP contribution in [0.1, 0.15) is 15.9 Å². The number of carbonyl (C=O) groups excluding carboxylic acids is 1. The summed E-state index contributed by atoms with van der Waals surface area (Å²) < 4.78 is 23.0. The standard InChI is InChI=1S/C21H19NO3S2/c1-27(24,25)15-16-8-7-9-17(14-16)21(23)22-19-12-5-6-13-20(19)26-18-10-3-2-4-11-18/h2-14H,15H2,1H3,(H,22,23). The van der Waals surface area contributed by atoms with Crippen LogP contribution in [0, 0.1) is 0 Å². The van der Waals surface area contributed by atoms with Gasteiger partial charge in [-0.15, -0.1) is 0 Å². The van der Waals surface area contributed by atoms with E-state index in [1.165, 1.54) is 6.26 Å². The number of amides is 1. The van der Waals surface area contributed by atoms with E-state index in [0.29, 0.717) is 16.8 Å². The predicted octanol–water partition coefficient (Wildman–Crippen LogP) is 4.63. The minimum atomic E-state index is -3.15. The van der Waals surface area contributed by atoms with Crippen LogP contribution in [0.3, 0.4) is 0 Å². The summed E-state index contributed by atoms with van der Waals surface area (Å²) in [4.78, 5) is 14.7. The third-order valence-corrected chi connectivity index (χ3v) is 5.67. The highest BCUT2D eigenvalue weighted by molar-refractivity contribution is 7.99. The van der Waals surface area contributed by atoms with E-state index in [0.717, 1.165) is 9.79 Å². The fourth-order valence-corrected chi connectivity index (χ4v) is 4.28. The normalized spacial score (nSPS) is 11.1. The molecule has 0 unspecified atom stereocenters. The molecule has 3 rings (SSSR count). The van der Waals surface area contributed by atoms with Crippen molar-refractivity contribution in [1.29, 1.82) is 0 Å². The lowest BCUT2D eigenvalue weighted by Crippen LogP contribution is -2.13. The summed E-state index contributed by atoms with van der Waals surface area (Å²) in [7, 11) is -3.15. The molecule has 0 bridgehead atoms. The van der Waals surface area contributed by atoms with E-state index < -0.39 is 9.84 Å². The molecular weight excluding hydrogens is 378 g/mol. The molecule has 0 aliphatic heterocycles. The first-order valence-corrected chi connectivity index (χ1v) is 11.2. The van der Waals surface area contributed by atoms with Gasteiger partial charge in [0.05, 0.1) is 11.4 Å². The van der Waals surface area contributed by atoms with Crippen molar-refractivity contribution in [2.24, 2.45) is 0 Å². The van der Waals surface area contributed by atoms with Crippen molar-refractivity contribution in [2.45, 2.75) is 15.5 Å². The molecule has 0 saturated carbocycles. The maximum absolute atomic E-state index is 12.7. The maximum Gasteiger partial charge on any atom is 0.255 e. The Labute approximate surface area is 163 Å². The van der Waals surface area contributed by atoms with Gasteiger partial charge in [0, 0.05) is 21.6 Å². The molecule has 0 aromatic heterocycles. The zero-order chi connectivity index (χ0) is 19.3. The molecule has 0 aliphatic rings. The van der Waals surface area contributed by atoms with Crippen molar-refractivity contribution in [1.82, 2.24) is 0 Å². The predicted molar refractivity (Wildman–Crippen MR) is 110 cm³/mol. The molecule has 0 fully saturated rings. The first-order valence-electron chi connectivity index (χ1n) is 8.31. The molecule has 0 saturated heterocycles. The Bertz CT molecular complexity index is 1050. The number of benzene rings is 3. The third-order valence-electron chi connectivity index (χ3n) is 3.72. The summed E-state index contributed by atoms with van der Waals surface area (Å²) in [6, 6.07) is 24.2. The molecule has 0 aliphatic carbocycles. The minimum Gasteiger partial charge on any atom is -0.321 e. The summed E-state index contributed by atoms with van der Waals surface area (Å²) in [6.45, 7) is 0. The highest BCUT2D eigenvalue weighted by Crippen LogP contribution is 2.33. The summed E-state index contributed by atoms with van der Waals surface area (Å²) in [5.41, 5.74) is 1.73. The molecule has 4 nitrogen and oxygen atoms in total. The average Bonchev–Trinajstić information content (AvgIpc) is 2.63. The molecule has 6 heteroatoms. The quantitative estimate of drug-likeness (QED) is 0.658. The summed E-state index contributed by atoms with van der Waals surface area (Å²) in [5.74, 6) is -0.361. The van der Waals surface area contributed by atoms with E-state index in [2.05, 4.69) is 5.32 Å². The minimum absolute atomic E-state index is 0.0887. The second-order valence-electron chi connectivity index (χ2n) is 6.14. The number of rotatable bonds is 6. The molecular formula is C21H19NO3S2. The number of sulfone groups is 1. The van der Waals surface area contributed by atoms with Crippen molar-refractivity contribution in [3.8, 4) is 0 Å². The SMILES string of the molecule is CS(=O)(=O)Cc1cccc(C(=O)Nc2ccccc2Sc2ccccc2)c1. The van der Waals surface area contributed by atoms with Crippen LogP contribution >= 0.6 is 11.8 Å². The number of hydrogen-bond donors (Lipinski definition) is 1. The Kier molecular flexibility index (Phi) is 5.98. The Hall–Kier alpha value is -2.57. The summed E-state index contributed by atoms with van der Waals surface area (Å²) >= 11 is 1.57. The first kappa shape index (κ1) is 19.2. The topological polar surface area (TPSA) is 63.2 Å². The van der Waals surface area contributed by atoms with E-state index in [1.54, 1.807) is 36.0 Å². The molecule has 27 heavy (non-hydrogen) atoms. The van der Waals surface area contributed by atoms with Crippen molar-refractivity contribution >= 4 is 33.2 Å². The van der Waals surface area contributed by atoms with Crippen LogP contribution in [0.4, 0.5) is 5.69 Å². The zero-order valence-electron chi connectivity index (χ0n) is 14.8. The lowest BCUT2D eigenvalue weighted by Gasteiger charge is -2.11. The van der Waals surface area contributed by atoms with E-state index in [4.69, 9.17) is 0 Å². The summed E-state index contributed by atoms with van der Waals surface area (Å²) in [6.07, 6.45) is 1.18. The molecule has 0 heterocycles. The summed E-state index contributed by atoms with van der Waals surface area (Å²) in [5, 5.41) is 2.93. The molecule has 138 valence electrons. The zero-order valence-corrected chi connectivity index (χ0v) is 16.4. The number of para-hydroxylation sites is 1. The monoisotopic (exact) mass is 397 g/mol. The number of carbonyl (C=O) groups is 1. The van der Waals surface area contributed by atoms with Gasteiger partial charge in [0.15, 0.2) is 9.84 Å². The van der Waals surface area contributed by atoms with Crippen LogP contribution in [0.15, 0.2) is 88.7 Å². The van der Waals surface area contributed by atoms with Crippen molar-refractivity contribution in [3.05, 3.63) is 90.0 Å². The van der Waals surface area contributed by atoms with Gasteiger partial charge in [0.2, 0.25) is 0 Å². The van der Waals surface area contributed by atoms with Crippen LogP contribution in [0.25, 0.3) is 0 Å². The second-order valence-corrected chi connectivity index (χ2v) is 9.39. The first-order chi connectivity index (χ1) is 12.9. The fraction of sp³-hybridized carbons (Fsp3) is 0.0952. The van der Waals surface area contributed by atoms with Gasteiger partial charge in [-0.05, 0) is 42.0 Å². The molecule has 0 spiro atoms. The second kappa shape index (κ2) is 8.41. The van der Waals surface area contributed by atoms with Crippen molar-refractivity contribution < 1.29 is 13.2 Å². The fourth-order valence-electron chi connectivity index (χ4n) is 2.57. The van der Waals surface area contributed by atoms with E-state index in [1.807, 2.05) is 54.6 Å².